The third-order valence-corrected chi connectivity index (χ3v) is 7.03. The molecule has 134 valence electrons. The Balaban J connectivity index is 1.89. The Morgan fingerprint density at radius 3 is 2.68 bits per heavy atom. The summed E-state index contributed by atoms with van der Waals surface area (Å²) < 4.78 is 37.1. The zero-order valence-corrected chi connectivity index (χ0v) is 16.1. The minimum atomic E-state index is -3.73. The summed E-state index contributed by atoms with van der Waals surface area (Å²) in [5.74, 6) is 0. The molecule has 1 aromatic heterocycles. The highest BCUT2D eigenvalue weighted by molar-refractivity contribution is 9.10. The first-order valence-corrected chi connectivity index (χ1v) is 9.79. The van der Waals surface area contributed by atoms with E-state index >= 15 is 0 Å². The summed E-state index contributed by atoms with van der Waals surface area (Å²) in [6.45, 7) is 2.61. The van der Waals surface area contributed by atoms with Crippen LogP contribution in [0.1, 0.15) is 18.5 Å². The topological polar surface area (TPSA) is 80.1 Å². The first kappa shape index (κ1) is 18.0. The van der Waals surface area contributed by atoms with Crippen molar-refractivity contribution in [3.8, 4) is 0 Å². The summed E-state index contributed by atoms with van der Waals surface area (Å²) in [6.07, 6.45) is 2.12. The van der Waals surface area contributed by atoms with E-state index in [1.807, 2.05) is 6.07 Å². The van der Waals surface area contributed by atoms with Crippen LogP contribution < -0.4 is 4.90 Å². The van der Waals surface area contributed by atoms with E-state index in [-0.39, 0.29) is 4.90 Å². The molecule has 0 saturated carbocycles. The van der Waals surface area contributed by atoms with Gasteiger partial charge < -0.3 is 9.15 Å². The molecular formula is C16H17BrN2O5S. The number of hydrogen-bond acceptors (Lipinski definition) is 5. The second kappa shape index (κ2) is 6.81. The lowest BCUT2D eigenvalue weighted by Crippen LogP contribution is -2.30. The lowest BCUT2D eigenvalue weighted by molar-refractivity contribution is 0.181. The van der Waals surface area contributed by atoms with E-state index in [0.29, 0.717) is 23.3 Å². The number of halogens is 1. The molecule has 1 aromatic carbocycles. The smallest absolute Gasteiger partial charge is 0.414 e. The number of nitrogens with zero attached hydrogens (tertiary/aromatic N) is 2. The third kappa shape index (κ3) is 3.31. The van der Waals surface area contributed by atoms with Crippen molar-refractivity contribution in [1.29, 1.82) is 0 Å². The molecule has 2 aromatic rings. The molecule has 2 heterocycles. The van der Waals surface area contributed by atoms with E-state index in [2.05, 4.69) is 15.9 Å². The highest BCUT2D eigenvalue weighted by atomic mass is 79.9. The Hall–Kier alpha value is -1.84. The average molecular weight is 429 g/mol. The summed E-state index contributed by atoms with van der Waals surface area (Å²) in [5, 5.41) is 0. The molecule has 1 aliphatic heterocycles. The van der Waals surface area contributed by atoms with Gasteiger partial charge in [-0.05, 0) is 40.5 Å². The van der Waals surface area contributed by atoms with Gasteiger partial charge in [-0.15, -0.1) is 0 Å². The van der Waals surface area contributed by atoms with E-state index in [4.69, 9.17) is 9.15 Å². The highest BCUT2D eigenvalue weighted by Crippen LogP contribution is 2.32. The molecular weight excluding hydrogens is 412 g/mol. The summed E-state index contributed by atoms with van der Waals surface area (Å²) in [7, 11) is -2.22. The molecule has 1 unspecified atom stereocenters. The van der Waals surface area contributed by atoms with Crippen LogP contribution in [0.15, 0.2) is 50.6 Å². The van der Waals surface area contributed by atoms with Gasteiger partial charge >= 0.3 is 6.09 Å². The van der Waals surface area contributed by atoms with Gasteiger partial charge in [-0.3, -0.25) is 4.90 Å². The molecule has 0 N–H and O–H groups in total. The SMILES string of the molecule is CC(c1cccc(N2CCOC2=O)c1)N(C)S(=O)(=O)c1cocc1Br. The van der Waals surface area contributed by atoms with Gasteiger partial charge in [-0.1, -0.05) is 12.1 Å². The zero-order chi connectivity index (χ0) is 18.2. The first-order valence-electron chi connectivity index (χ1n) is 7.56. The van der Waals surface area contributed by atoms with E-state index in [0.717, 1.165) is 5.56 Å². The van der Waals surface area contributed by atoms with Crippen molar-refractivity contribution in [2.45, 2.75) is 17.9 Å². The third-order valence-electron chi connectivity index (χ3n) is 4.21. The normalized spacial score (nSPS) is 16.3. The van der Waals surface area contributed by atoms with Crippen molar-refractivity contribution in [3.05, 3.63) is 46.8 Å². The number of furan rings is 1. The molecule has 7 nitrogen and oxygen atoms in total. The maximum Gasteiger partial charge on any atom is 0.414 e. The van der Waals surface area contributed by atoms with Crippen LogP contribution >= 0.6 is 15.9 Å². The average Bonchev–Trinajstić information content (AvgIpc) is 3.22. The van der Waals surface area contributed by atoms with E-state index in [1.54, 1.807) is 25.1 Å². The molecule has 1 saturated heterocycles. The van der Waals surface area contributed by atoms with Crippen LogP contribution in [0.25, 0.3) is 0 Å². The fourth-order valence-electron chi connectivity index (χ4n) is 2.61. The summed E-state index contributed by atoms with van der Waals surface area (Å²) in [6, 6.07) is 6.77. The quantitative estimate of drug-likeness (QED) is 0.728. The number of carbonyl (C=O) groups is 1. The summed E-state index contributed by atoms with van der Waals surface area (Å²) in [4.78, 5) is 13.3. The van der Waals surface area contributed by atoms with Gasteiger partial charge in [-0.25, -0.2) is 13.2 Å². The van der Waals surface area contributed by atoms with Crippen molar-refractivity contribution in [1.82, 2.24) is 4.31 Å². The van der Waals surface area contributed by atoms with Crippen LogP contribution in [-0.4, -0.2) is 39.0 Å². The Bertz CT molecular complexity index is 895. The molecule has 0 radical (unpaired) electrons. The Morgan fingerprint density at radius 1 is 1.32 bits per heavy atom. The number of hydrogen-bond donors (Lipinski definition) is 0. The van der Waals surface area contributed by atoms with Gasteiger partial charge in [0, 0.05) is 18.8 Å². The number of sulfonamides is 1. The van der Waals surface area contributed by atoms with Gasteiger partial charge in [-0.2, -0.15) is 4.31 Å². The molecule has 0 bridgehead atoms. The van der Waals surface area contributed by atoms with Crippen molar-refractivity contribution < 1.29 is 22.4 Å². The Morgan fingerprint density at radius 2 is 2.08 bits per heavy atom. The number of rotatable bonds is 5. The molecule has 1 fully saturated rings. The van der Waals surface area contributed by atoms with Crippen LogP contribution in [0.3, 0.4) is 0 Å². The number of benzene rings is 1. The minimum absolute atomic E-state index is 0.0705. The van der Waals surface area contributed by atoms with E-state index < -0.39 is 22.2 Å². The predicted molar refractivity (Wildman–Crippen MR) is 94.9 cm³/mol. The molecule has 0 spiro atoms. The van der Waals surface area contributed by atoms with Gasteiger partial charge in [0.1, 0.15) is 24.0 Å². The molecule has 1 atom stereocenters. The minimum Gasteiger partial charge on any atom is -0.470 e. The zero-order valence-electron chi connectivity index (χ0n) is 13.7. The highest BCUT2D eigenvalue weighted by Gasteiger charge is 2.30. The Kier molecular flexibility index (Phi) is 4.90. The van der Waals surface area contributed by atoms with Crippen molar-refractivity contribution in [3.63, 3.8) is 0 Å². The van der Waals surface area contributed by atoms with Gasteiger partial charge in [0.15, 0.2) is 0 Å². The molecule has 1 amide bonds. The number of carbonyl (C=O) groups excluding carboxylic acids is 1. The number of cyclic esters (lactones) is 1. The maximum atomic E-state index is 12.8. The standard InChI is InChI=1S/C16H17BrN2O5S/c1-11(18(2)25(21,22)15-10-23-9-14(15)17)12-4-3-5-13(8-12)19-6-7-24-16(19)20/h3-5,8-11H,6-7H2,1-2H3. The van der Waals surface area contributed by atoms with Crippen molar-refractivity contribution >= 4 is 37.7 Å². The second-order valence-electron chi connectivity index (χ2n) is 5.64. The van der Waals surface area contributed by atoms with Crippen LogP contribution in [0.5, 0.6) is 0 Å². The second-order valence-corrected chi connectivity index (χ2v) is 8.46. The van der Waals surface area contributed by atoms with Gasteiger partial charge in [0.05, 0.1) is 11.0 Å². The largest absolute Gasteiger partial charge is 0.470 e. The molecule has 3 rings (SSSR count). The van der Waals surface area contributed by atoms with Gasteiger partial charge in [0.25, 0.3) is 0 Å². The maximum absolute atomic E-state index is 12.8. The number of anilines is 1. The molecule has 1 aliphatic rings. The van der Waals surface area contributed by atoms with Crippen LogP contribution in [0, 0.1) is 0 Å². The van der Waals surface area contributed by atoms with Crippen molar-refractivity contribution in [2.24, 2.45) is 0 Å². The van der Waals surface area contributed by atoms with Crippen LogP contribution in [0.2, 0.25) is 0 Å². The molecule has 0 aliphatic carbocycles. The van der Waals surface area contributed by atoms with Crippen molar-refractivity contribution in [2.75, 3.05) is 25.1 Å². The fourth-order valence-corrected chi connectivity index (χ4v) is 4.74. The van der Waals surface area contributed by atoms with Gasteiger partial charge in [0.2, 0.25) is 10.0 Å². The summed E-state index contributed by atoms with van der Waals surface area (Å²) >= 11 is 3.18. The van der Waals surface area contributed by atoms with Crippen LogP contribution in [0.4, 0.5) is 10.5 Å². The van der Waals surface area contributed by atoms with Crippen LogP contribution in [-0.2, 0) is 14.8 Å². The fraction of sp³-hybridized carbons (Fsp3) is 0.312. The number of amides is 1. The van der Waals surface area contributed by atoms with E-state index in [9.17, 15) is 13.2 Å². The Labute approximate surface area is 154 Å². The summed E-state index contributed by atoms with van der Waals surface area (Å²) in [5.41, 5.74) is 1.45. The molecule has 25 heavy (non-hydrogen) atoms. The lowest BCUT2D eigenvalue weighted by Gasteiger charge is -2.25. The number of ether oxygens (including phenoxy) is 1. The molecule has 9 heteroatoms. The monoisotopic (exact) mass is 428 g/mol. The predicted octanol–water partition coefficient (Wildman–Crippen LogP) is 3.38. The lowest BCUT2D eigenvalue weighted by atomic mass is 10.1. The van der Waals surface area contributed by atoms with E-state index in [1.165, 1.54) is 28.8 Å². The first-order chi connectivity index (χ1) is 11.8.